The molecule has 1 N–H and O–H groups in total. The molecule has 1 aliphatic rings. The van der Waals surface area contributed by atoms with Crippen LogP contribution in [0, 0.1) is 0 Å². The van der Waals surface area contributed by atoms with Gasteiger partial charge >= 0.3 is 5.97 Å². The predicted octanol–water partition coefficient (Wildman–Crippen LogP) is 3.92. The summed E-state index contributed by atoms with van der Waals surface area (Å²) in [7, 11) is 0. The van der Waals surface area contributed by atoms with Crippen molar-refractivity contribution in [2.75, 3.05) is 0 Å². The Labute approximate surface area is 149 Å². The molecule has 4 rings (SSSR count). The zero-order valence-electron chi connectivity index (χ0n) is 14.7. The molecule has 6 nitrogen and oxygen atoms in total. The molecule has 0 atom stereocenters. The number of aromatic carboxylic acids is 1. The molecule has 0 bridgehead atoms. The van der Waals surface area contributed by atoms with Gasteiger partial charge in [0.05, 0.1) is 16.8 Å². The van der Waals surface area contributed by atoms with Crippen molar-refractivity contribution in [3.8, 4) is 5.13 Å². The molecule has 0 unspecified atom stereocenters. The van der Waals surface area contributed by atoms with Gasteiger partial charge in [-0.1, -0.05) is 44.2 Å². The van der Waals surface area contributed by atoms with Crippen molar-refractivity contribution in [1.82, 2.24) is 20.0 Å². The lowest BCUT2D eigenvalue weighted by Crippen LogP contribution is -2.32. The summed E-state index contributed by atoms with van der Waals surface area (Å²) < 4.78 is 1.72. The van der Waals surface area contributed by atoms with E-state index in [1.54, 1.807) is 34.2 Å². The fraction of sp³-hybridized carbons (Fsp3) is 0.444. The van der Waals surface area contributed by atoms with Crippen LogP contribution < -0.4 is 0 Å². The molecule has 1 aliphatic carbocycles. The average molecular weight is 356 g/mol. The highest BCUT2D eigenvalue weighted by Crippen LogP contribution is 2.48. The minimum atomic E-state index is -0.968. The smallest absolute Gasteiger partial charge is 0.335 e. The van der Waals surface area contributed by atoms with Gasteiger partial charge in [0.15, 0.2) is 0 Å². The number of rotatable bonds is 2. The zero-order chi connectivity index (χ0) is 18.0. The monoisotopic (exact) mass is 356 g/mol. The van der Waals surface area contributed by atoms with Crippen molar-refractivity contribution >= 4 is 28.3 Å². The van der Waals surface area contributed by atoms with Crippen molar-refractivity contribution < 1.29 is 9.90 Å². The van der Waals surface area contributed by atoms with Crippen molar-refractivity contribution in [2.24, 2.45) is 0 Å². The highest BCUT2D eigenvalue weighted by Gasteiger charge is 2.40. The van der Waals surface area contributed by atoms with Crippen LogP contribution in [0.2, 0.25) is 0 Å². The number of carboxylic acid groups (broad SMARTS) is 1. The van der Waals surface area contributed by atoms with Gasteiger partial charge in [0.2, 0.25) is 5.13 Å². The van der Waals surface area contributed by atoms with Crippen molar-refractivity contribution in [3.05, 3.63) is 34.3 Å². The summed E-state index contributed by atoms with van der Waals surface area (Å²) in [6, 6.07) is 4.87. The molecule has 130 valence electrons. The third kappa shape index (κ3) is 2.45. The molecule has 0 saturated heterocycles. The Morgan fingerprint density at radius 1 is 1.20 bits per heavy atom. The van der Waals surface area contributed by atoms with Gasteiger partial charge in [-0.25, -0.2) is 9.78 Å². The van der Waals surface area contributed by atoms with Crippen LogP contribution in [0.4, 0.5) is 0 Å². The number of carbonyl (C=O) groups is 1. The highest BCUT2D eigenvalue weighted by molar-refractivity contribution is 7.14. The van der Waals surface area contributed by atoms with Crippen LogP contribution in [0.15, 0.2) is 18.2 Å². The average Bonchev–Trinajstić information content (AvgIpc) is 3.16. The molecule has 2 aromatic heterocycles. The Bertz CT molecular complexity index is 966. The summed E-state index contributed by atoms with van der Waals surface area (Å²) in [6.07, 6.45) is 2.24. The normalized spacial score (nSPS) is 18.2. The zero-order valence-corrected chi connectivity index (χ0v) is 15.5. The minimum absolute atomic E-state index is 0.0481. The van der Waals surface area contributed by atoms with E-state index in [1.165, 1.54) is 4.88 Å². The maximum absolute atomic E-state index is 11.1. The van der Waals surface area contributed by atoms with Gasteiger partial charge in [0, 0.05) is 15.7 Å². The molecular weight excluding hydrogens is 336 g/mol. The molecule has 0 spiro atoms. The fourth-order valence-corrected chi connectivity index (χ4v) is 4.71. The van der Waals surface area contributed by atoms with Gasteiger partial charge in [-0.2, -0.15) is 4.68 Å². The van der Waals surface area contributed by atoms with E-state index < -0.39 is 5.97 Å². The first-order chi connectivity index (χ1) is 11.7. The largest absolute Gasteiger partial charge is 0.478 e. The summed E-state index contributed by atoms with van der Waals surface area (Å²) in [4.78, 5) is 17.4. The lowest BCUT2D eigenvalue weighted by atomic mass is 9.69. The second kappa shape index (κ2) is 5.11. The van der Waals surface area contributed by atoms with E-state index in [9.17, 15) is 4.79 Å². The predicted molar refractivity (Wildman–Crippen MR) is 96.8 cm³/mol. The Hall–Kier alpha value is -2.28. The maximum atomic E-state index is 11.1. The van der Waals surface area contributed by atoms with Gasteiger partial charge < -0.3 is 5.11 Å². The minimum Gasteiger partial charge on any atom is -0.478 e. The summed E-state index contributed by atoms with van der Waals surface area (Å²) in [5, 5.41) is 18.3. The lowest BCUT2D eigenvalue weighted by Gasteiger charge is -2.37. The van der Waals surface area contributed by atoms with E-state index in [1.807, 2.05) is 0 Å². The van der Waals surface area contributed by atoms with Crippen molar-refractivity contribution in [1.29, 1.82) is 0 Å². The number of fused-ring (bicyclic) bond motifs is 2. The van der Waals surface area contributed by atoms with Crippen LogP contribution in [0.5, 0.6) is 0 Å². The Morgan fingerprint density at radius 2 is 1.92 bits per heavy atom. The van der Waals surface area contributed by atoms with Crippen LogP contribution >= 0.6 is 11.3 Å². The molecule has 2 heterocycles. The van der Waals surface area contributed by atoms with Crippen LogP contribution in [-0.2, 0) is 10.8 Å². The summed E-state index contributed by atoms with van der Waals surface area (Å²) in [5.74, 6) is -0.968. The number of thiazole rings is 1. The third-order valence-corrected chi connectivity index (χ3v) is 6.52. The van der Waals surface area contributed by atoms with Gasteiger partial charge in [0.25, 0.3) is 0 Å². The first-order valence-electron chi connectivity index (χ1n) is 8.30. The van der Waals surface area contributed by atoms with E-state index >= 15 is 0 Å². The van der Waals surface area contributed by atoms with E-state index in [0.29, 0.717) is 5.52 Å². The molecule has 0 amide bonds. The topological polar surface area (TPSA) is 80.9 Å². The van der Waals surface area contributed by atoms with E-state index in [4.69, 9.17) is 10.1 Å². The van der Waals surface area contributed by atoms with E-state index in [0.717, 1.165) is 29.2 Å². The quantitative estimate of drug-likeness (QED) is 0.752. The van der Waals surface area contributed by atoms with E-state index in [2.05, 4.69) is 38.0 Å². The Kier molecular flexibility index (Phi) is 3.31. The van der Waals surface area contributed by atoms with Gasteiger partial charge in [0.1, 0.15) is 5.52 Å². The molecule has 0 radical (unpaired) electrons. The van der Waals surface area contributed by atoms with Crippen LogP contribution in [0.25, 0.3) is 16.2 Å². The summed E-state index contributed by atoms with van der Waals surface area (Å²) in [6.45, 7) is 9.01. The van der Waals surface area contributed by atoms with Crippen LogP contribution in [0.1, 0.15) is 61.5 Å². The molecule has 25 heavy (non-hydrogen) atoms. The second-order valence-corrected chi connectivity index (χ2v) is 8.93. The number of hydrogen-bond donors (Lipinski definition) is 1. The standard InChI is InChI=1S/C18H20N4O2S/c1-17(2)7-8-18(3,4)14-13(17)19-16(25-14)22-12-6-5-10(15(23)24)9-11(12)20-21-22/h5-6,9H,7-8H2,1-4H3,(H,23,24). The van der Waals surface area contributed by atoms with E-state index in [-0.39, 0.29) is 16.4 Å². The third-order valence-electron chi connectivity index (χ3n) is 5.12. The molecule has 0 aliphatic heterocycles. The molecule has 1 aromatic carbocycles. The number of benzene rings is 1. The van der Waals surface area contributed by atoms with Crippen molar-refractivity contribution in [2.45, 2.75) is 51.4 Å². The second-order valence-electron chi connectivity index (χ2n) is 7.95. The number of nitrogens with zero attached hydrogens (tertiary/aromatic N) is 4. The number of aromatic nitrogens is 4. The molecule has 0 fully saturated rings. The lowest BCUT2D eigenvalue weighted by molar-refractivity contribution is 0.0697. The summed E-state index contributed by atoms with van der Waals surface area (Å²) in [5.41, 5.74) is 2.84. The Morgan fingerprint density at radius 3 is 2.60 bits per heavy atom. The highest BCUT2D eigenvalue weighted by atomic mass is 32.1. The first-order valence-corrected chi connectivity index (χ1v) is 9.12. The maximum Gasteiger partial charge on any atom is 0.335 e. The Balaban J connectivity index is 1.88. The SMILES string of the molecule is CC1(C)CCC(C)(C)c2sc(-n3nnc4cc(C(=O)O)ccc43)nc21. The molecule has 7 heteroatoms. The van der Waals surface area contributed by atoms with Crippen molar-refractivity contribution in [3.63, 3.8) is 0 Å². The fourth-order valence-electron chi connectivity index (χ4n) is 3.37. The first kappa shape index (κ1) is 16.2. The molecule has 3 aromatic rings. The summed E-state index contributed by atoms with van der Waals surface area (Å²) >= 11 is 1.66. The van der Waals surface area contributed by atoms with Crippen LogP contribution in [0.3, 0.4) is 0 Å². The van der Waals surface area contributed by atoms with Gasteiger partial charge in [-0.15, -0.1) is 5.10 Å². The number of hydrogen-bond acceptors (Lipinski definition) is 5. The van der Waals surface area contributed by atoms with Gasteiger partial charge in [-0.05, 0) is 31.0 Å². The number of carboxylic acids is 1. The molecule has 0 saturated carbocycles. The van der Waals surface area contributed by atoms with Gasteiger partial charge in [-0.3, -0.25) is 0 Å². The molecular formula is C18H20N4O2S. The van der Waals surface area contributed by atoms with Crippen LogP contribution in [-0.4, -0.2) is 31.1 Å².